The summed E-state index contributed by atoms with van der Waals surface area (Å²) in [5.41, 5.74) is -0.965. The molecule has 0 fully saturated rings. The Morgan fingerprint density at radius 2 is 2.08 bits per heavy atom. The van der Waals surface area contributed by atoms with Gasteiger partial charge in [0.15, 0.2) is 0 Å². The molecule has 0 spiro atoms. The number of aromatic amines is 1. The zero-order valence-electron chi connectivity index (χ0n) is 6.30. The normalized spacial score (nSPS) is 9.69. The van der Waals surface area contributed by atoms with E-state index in [1.165, 1.54) is 0 Å². The van der Waals surface area contributed by atoms with Gasteiger partial charge in [0.2, 0.25) is 0 Å². The van der Waals surface area contributed by atoms with Crippen LogP contribution in [0.4, 0.5) is 5.82 Å². The van der Waals surface area contributed by atoms with Crippen LogP contribution in [-0.4, -0.2) is 27.1 Å². The lowest BCUT2D eigenvalue weighted by Gasteiger charge is -1.97. The van der Waals surface area contributed by atoms with Crippen molar-refractivity contribution in [2.45, 2.75) is 0 Å². The Morgan fingerprint density at radius 1 is 1.46 bits per heavy atom. The first kappa shape index (κ1) is 9.42. The summed E-state index contributed by atoms with van der Waals surface area (Å²) < 4.78 is 0. The molecule has 13 heavy (non-hydrogen) atoms. The van der Waals surface area contributed by atoms with Gasteiger partial charge in [-0.05, 0) is 10.4 Å². The minimum Gasteiger partial charge on any atom is -0.423 e. The number of nitrogens with zero attached hydrogens (tertiary/aromatic N) is 1. The van der Waals surface area contributed by atoms with Gasteiger partial charge in [-0.3, -0.25) is 0 Å². The van der Waals surface area contributed by atoms with Crippen LogP contribution in [0.2, 0.25) is 0 Å². The van der Waals surface area contributed by atoms with Crippen LogP contribution in [0.25, 0.3) is 0 Å². The monoisotopic (exact) mass is 184 g/mol. The van der Waals surface area contributed by atoms with Crippen molar-refractivity contribution in [1.29, 1.82) is 0 Å². The second kappa shape index (κ2) is 3.38. The van der Waals surface area contributed by atoms with E-state index in [9.17, 15) is 14.9 Å². The van der Waals surface area contributed by atoms with E-state index >= 15 is 0 Å². The van der Waals surface area contributed by atoms with Gasteiger partial charge in [-0.15, -0.1) is 0 Å². The Hall–Kier alpha value is -1.67. The number of rotatable bonds is 2. The van der Waals surface area contributed by atoms with Gasteiger partial charge in [0, 0.05) is 12.1 Å². The molecule has 8 heteroatoms. The van der Waals surface area contributed by atoms with Crippen LogP contribution in [0.15, 0.2) is 16.9 Å². The van der Waals surface area contributed by atoms with Crippen LogP contribution >= 0.6 is 0 Å². The van der Waals surface area contributed by atoms with Gasteiger partial charge < -0.3 is 20.2 Å². The van der Waals surface area contributed by atoms with E-state index in [0.29, 0.717) is 0 Å². The Morgan fingerprint density at radius 3 is 2.54 bits per heavy atom. The van der Waals surface area contributed by atoms with Gasteiger partial charge >= 0.3 is 18.5 Å². The van der Waals surface area contributed by atoms with E-state index in [4.69, 9.17) is 10.0 Å². The van der Waals surface area contributed by atoms with Crippen LogP contribution in [0.1, 0.15) is 0 Å². The van der Waals surface area contributed by atoms with E-state index in [-0.39, 0.29) is 5.46 Å². The highest BCUT2D eigenvalue weighted by molar-refractivity contribution is 6.58. The summed E-state index contributed by atoms with van der Waals surface area (Å²) in [6.45, 7) is 0. The number of hydrogen-bond acceptors (Lipinski definition) is 5. The van der Waals surface area contributed by atoms with Crippen LogP contribution in [-0.2, 0) is 0 Å². The Balaban J connectivity index is 3.27. The maximum absolute atomic E-state index is 10.7. The van der Waals surface area contributed by atoms with E-state index in [1.807, 2.05) is 4.98 Å². The van der Waals surface area contributed by atoms with Gasteiger partial charge in [-0.2, -0.15) is 0 Å². The van der Waals surface area contributed by atoms with Gasteiger partial charge in [0.1, 0.15) is 0 Å². The molecule has 0 bridgehead atoms. The molecule has 0 aliphatic heterocycles. The van der Waals surface area contributed by atoms with E-state index < -0.39 is 23.4 Å². The summed E-state index contributed by atoms with van der Waals surface area (Å²) in [7, 11) is -1.89. The molecule has 1 rings (SSSR count). The highest BCUT2D eigenvalue weighted by atomic mass is 16.6. The van der Waals surface area contributed by atoms with Gasteiger partial charge in [0.25, 0.3) is 0 Å². The second-order valence-corrected chi connectivity index (χ2v) is 2.29. The minimum absolute atomic E-state index is 0.213. The molecule has 0 radical (unpaired) electrons. The summed E-state index contributed by atoms with van der Waals surface area (Å²) >= 11 is 0. The number of pyridine rings is 1. The molecule has 0 aliphatic rings. The lowest BCUT2D eigenvalue weighted by molar-refractivity contribution is -0.389. The summed E-state index contributed by atoms with van der Waals surface area (Å²) in [6, 6.07) is 1.75. The van der Waals surface area contributed by atoms with Crippen LogP contribution in [0.5, 0.6) is 0 Å². The third-order valence-corrected chi connectivity index (χ3v) is 1.35. The van der Waals surface area contributed by atoms with Crippen molar-refractivity contribution in [3.05, 3.63) is 32.6 Å². The van der Waals surface area contributed by atoms with E-state index in [0.717, 1.165) is 12.1 Å². The SMILES string of the molecule is O=c1cc(B(O)O)cc([N+](=O)[O-])[nH]1. The third-order valence-electron chi connectivity index (χ3n) is 1.35. The van der Waals surface area contributed by atoms with Gasteiger partial charge in [-0.25, -0.2) is 9.78 Å². The molecular formula is C5H5BN2O5. The van der Waals surface area contributed by atoms with Crippen molar-refractivity contribution in [3.63, 3.8) is 0 Å². The van der Waals surface area contributed by atoms with Crippen molar-refractivity contribution in [2.24, 2.45) is 0 Å². The Bertz CT molecular complexity index is 387. The fourth-order valence-corrected chi connectivity index (χ4v) is 0.797. The topological polar surface area (TPSA) is 116 Å². The van der Waals surface area contributed by atoms with Crippen molar-refractivity contribution in [2.75, 3.05) is 0 Å². The van der Waals surface area contributed by atoms with Crippen LogP contribution in [0.3, 0.4) is 0 Å². The van der Waals surface area contributed by atoms with Crippen molar-refractivity contribution in [1.82, 2.24) is 4.98 Å². The molecule has 1 aromatic heterocycles. The highest BCUT2D eigenvalue weighted by Crippen LogP contribution is 1.99. The summed E-state index contributed by atoms with van der Waals surface area (Å²) in [6.07, 6.45) is 0. The number of hydrogen-bond donors (Lipinski definition) is 3. The maximum atomic E-state index is 10.7. The first-order chi connectivity index (χ1) is 6.00. The number of nitrogens with one attached hydrogen (secondary N) is 1. The van der Waals surface area contributed by atoms with Crippen LogP contribution < -0.4 is 11.0 Å². The zero-order chi connectivity index (χ0) is 10.0. The standard InChI is InChI=1S/C5H5BN2O5/c9-5-2-3(6(10)11)1-4(7-5)8(12)13/h1-2,10-11H,(H,7,9). The molecule has 0 aliphatic carbocycles. The summed E-state index contributed by atoms with van der Waals surface area (Å²) in [5.74, 6) is -0.574. The Labute approximate surface area is 71.9 Å². The fraction of sp³-hybridized carbons (Fsp3) is 0. The molecule has 0 saturated carbocycles. The highest BCUT2D eigenvalue weighted by Gasteiger charge is 2.16. The fourth-order valence-electron chi connectivity index (χ4n) is 0.797. The molecule has 0 atom stereocenters. The molecule has 0 unspecified atom stereocenters. The number of nitro groups is 1. The summed E-state index contributed by atoms with van der Waals surface area (Å²) in [4.78, 5) is 22.0. The molecule has 68 valence electrons. The smallest absolute Gasteiger partial charge is 0.423 e. The van der Waals surface area contributed by atoms with Gasteiger partial charge in [0.05, 0.1) is 0 Å². The molecule has 1 heterocycles. The third kappa shape index (κ3) is 2.14. The van der Waals surface area contributed by atoms with Crippen molar-refractivity contribution < 1.29 is 15.0 Å². The quantitative estimate of drug-likeness (QED) is 0.278. The molecule has 0 amide bonds. The zero-order valence-corrected chi connectivity index (χ0v) is 6.30. The minimum atomic E-state index is -1.89. The number of H-pyrrole nitrogens is 1. The van der Waals surface area contributed by atoms with Crippen molar-refractivity contribution >= 4 is 18.4 Å². The van der Waals surface area contributed by atoms with E-state index in [2.05, 4.69) is 0 Å². The molecule has 3 N–H and O–H groups in total. The maximum Gasteiger partial charge on any atom is 0.489 e. The first-order valence-electron chi connectivity index (χ1n) is 3.25. The van der Waals surface area contributed by atoms with Gasteiger partial charge in [-0.1, -0.05) is 0 Å². The Kier molecular flexibility index (Phi) is 2.45. The molecule has 0 saturated heterocycles. The summed E-state index contributed by atoms with van der Waals surface area (Å²) in [5, 5.41) is 27.5. The van der Waals surface area contributed by atoms with Crippen LogP contribution in [0, 0.1) is 10.1 Å². The average molecular weight is 184 g/mol. The second-order valence-electron chi connectivity index (χ2n) is 2.29. The first-order valence-corrected chi connectivity index (χ1v) is 3.25. The largest absolute Gasteiger partial charge is 0.489 e. The number of aromatic nitrogens is 1. The molecule has 0 aromatic carbocycles. The average Bonchev–Trinajstić information content (AvgIpc) is 2.03. The molecule has 1 aromatic rings. The lowest BCUT2D eigenvalue weighted by Crippen LogP contribution is -2.33. The lowest BCUT2D eigenvalue weighted by atomic mass is 9.81. The van der Waals surface area contributed by atoms with Crippen molar-refractivity contribution in [3.8, 4) is 0 Å². The van der Waals surface area contributed by atoms with E-state index in [1.54, 1.807) is 0 Å². The molecular weight excluding hydrogens is 179 g/mol. The molecule has 7 nitrogen and oxygen atoms in total. The predicted octanol–water partition coefficient (Wildman–Crippen LogP) is -2.04. The predicted molar refractivity (Wildman–Crippen MR) is 43.5 cm³/mol.